The first-order valence-electron chi connectivity index (χ1n) is 7.91. The minimum absolute atomic E-state index is 0.0295. The summed E-state index contributed by atoms with van der Waals surface area (Å²) in [6.45, 7) is 8.81. The number of hydrogen-bond donors (Lipinski definition) is 2. The number of anilines is 1. The first-order valence-corrected chi connectivity index (χ1v) is 8.74. The van der Waals surface area contributed by atoms with Gasteiger partial charge in [-0.05, 0) is 36.0 Å². The number of ether oxygens (including phenoxy) is 1. The lowest BCUT2D eigenvalue weighted by Crippen LogP contribution is -2.44. The molecular weight excluding hydrogens is 322 g/mol. The summed E-state index contributed by atoms with van der Waals surface area (Å²) in [5.41, 5.74) is 2.36. The summed E-state index contributed by atoms with van der Waals surface area (Å²) in [7, 11) is 1.65. The van der Waals surface area contributed by atoms with E-state index in [4.69, 9.17) is 4.74 Å². The van der Waals surface area contributed by atoms with E-state index >= 15 is 0 Å². The molecule has 0 unspecified atom stereocenters. The van der Waals surface area contributed by atoms with Gasteiger partial charge >= 0.3 is 0 Å². The molecular formula is C18H25N3O2S. The summed E-state index contributed by atoms with van der Waals surface area (Å²) in [5.74, 6) is 0.722. The van der Waals surface area contributed by atoms with Gasteiger partial charge in [-0.2, -0.15) is 4.37 Å². The van der Waals surface area contributed by atoms with Crippen LogP contribution in [0.4, 0.5) is 5.69 Å². The predicted octanol–water partition coefficient (Wildman–Crippen LogP) is 3.72. The number of aryl methyl sites for hydroxylation is 1. The highest BCUT2D eigenvalue weighted by atomic mass is 32.1. The van der Waals surface area contributed by atoms with Crippen LogP contribution in [0, 0.1) is 12.3 Å². The summed E-state index contributed by atoms with van der Waals surface area (Å²) >= 11 is 1.30. The van der Waals surface area contributed by atoms with Crippen LogP contribution in [0.1, 0.15) is 36.8 Å². The van der Waals surface area contributed by atoms with E-state index in [9.17, 15) is 4.79 Å². The molecule has 2 rings (SSSR count). The highest BCUT2D eigenvalue weighted by Crippen LogP contribution is 2.25. The second kappa shape index (κ2) is 7.66. The Morgan fingerprint density at radius 1 is 1.38 bits per heavy atom. The van der Waals surface area contributed by atoms with E-state index in [1.54, 1.807) is 12.5 Å². The second-order valence-corrected chi connectivity index (χ2v) is 7.45. The van der Waals surface area contributed by atoms with Crippen LogP contribution in [0.2, 0.25) is 0 Å². The van der Waals surface area contributed by atoms with Crippen molar-refractivity contribution in [3.8, 4) is 5.75 Å². The SMILES string of the molecule is COc1cccc(N[C@H](CNC(=O)c2csnc2C)C(C)(C)C)c1. The Hall–Kier alpha value is -2.08. The minimum atomic E-state index is -0.0806. The fraction of sp³-hybridized carbons (Fsp3) is 0.444. The minimum Gasteiger partial charge on any atom is -0.497 e. The van der Waals surface area contributed by atoms with Crippen molar-refractivity contribution in [1.29, 1.82) is 0 Å². The Morgan fingerprint density at radius 2 is 2.12 bits per heavy atom. The quantitative estimate of drug-likeness (QED) is 0.836. The van der Waals surface area contributed by atoms with Crippen molar-refractivity contribution >= 4 is 23.1 Å². The van der Waals surface area contributed by atoms with E-state index in [1.807, 2.05) is 31.2 Å². The van der Waals surface area contributed by atoms with E-state index in [1.165, 1.54) is 11.5 Å². The summed E-state index contributed by atoms with van der Waals surface area (Å²) < 4.78 is 9.42. The lowest BCUT2D eigenvalue weighted by Gasteiger charge is -2.32. The van der Waals surface area contributed by atoms with Gasteiger partial charge in [0, 0.05) is 29.7 Å². The zero-order valence-corrected chi connectivity index (χ0v) is 15.7. The molecule has 0 aliphatic heterocycles. The molecule has 2 N–H and O–H groups in total. The molecule has 5 nitrogen and oxygen atoms in total. The Bertz CT molecular complexity index is 692. The third kappa shape index (κ3) is 4.71. The fourth-order valence-electron chi connectivity index (χ4n) is 2.29. The van der Waals surface area contributed by atoms with Crippen LogP contribution in [0.25, 0.3) is 0 Å². The molecule has 0 spiro atoms. The number of carbonyl (C=O) groups excluding carboxylic acids is 1. The van der Waals surface area contributed by atoms with Crippen LogP contribution >= 0.6 is 11.5 Å². The average Bonchev–Trinajstić information content (AvgIpc) is 2.96. The molecule has 1 aromatic heterocycles. The third-order valence-electron chi connectivity index (χ3n) is 3.92. The number of benzene rings is 1. The van der Waals surface area contributed by atoms with E-state index in [2.05, 4.69) is 35.8 Å². The van der Waals surface area contributed by atoms with Crippen LogP contribution in [0.3, 0.4) is 0 Å². The van der Waals surface area contributed by atoms with Gasteiger partial charge in [0.1, 0.15) is 5.75 Å². The number of nitrogens with one attached hydrogen (secondary N) is 2. The molecule has 1 amide bonds. The molecule has 130 valence electrons. The van der Waals surface area contributed by atoms with Gasteiger partial charge < -0.3 is 15.4 Å². The molecule has 2 aromatic rings. The lowest BCUT2D eigenvalue weighted by molar-refractivity contribution is 0.0946. The van der Waals surface area contributed by atoms with E-state index in [0.717, 1.165) is 17.1 Å². The first kappa shape index (κ1) is 18.3. The van der Waals surface area contributed by atoms with Crippen molar-refractivity contribution in [3.63, 3.8) is 0 Å². The van der Waals surface area contributed by atoms with Gasteiger partial charge in [-0.25, -0.2) is 0 Å². The van der Waals surface area contributed by atoms with Crippen molar-refractivity contribution in [2.75, 3.05) is 19.0 Å². The van der Waals surface area contributed by atoms with Crippen molar-refractivity contribution in [3.05, 3.63) is 40.9 Å². The summed E-state index contributed by atoms with van der Waals surface area (Å²) in [6.07, 6.45) is 0. The van der Waals surface area contributed by atoms with E-state index in [0.29, 0.717) is 12.1 Å². The highest BCUT2D eigenvalue weighted by Gasteiger charge is 2.25. The number of carbonyl (C=O) groups is 1. The molecule has 0 aliphatic carbocycles. The summed E-state index contributed by atoms with van der Waals surface area (Å²) in [6, 6.07) is 7.87. The van der Waals surface area contributed by atoms with E-state index < -0.39 is 0 Å². The van der Waals surface area contributed by atoms with Gasteiger partial charge in [-0.1, -0.05) is 26.8 Å². The predicted molar refractivity (Wildman–Crippen MR) is 99.0 cm³/mol. The number of nitrogens with zero attached hydrogens (tertiary/aromatic N) is 1. The molecule has 1 atom stereocenters. The number of hydrogen-bond acceptors (Lipinski definition) is 5. The standard InChI is InChI=1S/C18H25N3O2S/c1-12-15(11-24-21-12)17(22)19-10-16(18(2,3)4)20-13-7-6-8-14(9-13)23-5/h6-9,11,16,20H,10H2,1-5H3,(H,19,22)/t16-/m1/s1. The third-order valence-corrected chi connectivity index (χ3v) is 4.64. The van der Waals surface area contributed by atoms with Gasteiger partial charge in [0.25, 0.3) is 5.91 Å². The molecule has 0 bridgehead atoms. The zero-order chi connectivity index (χ0) is 17.7. The summed E-state index contributed by atoms with van der Waals surface area (Å²) in [4.78, 5) is 12.3. The molecule has 6 heteroatoms. The average molecular weight is 347 g/mol. The van der Waals surface area contributed by atoms with Crippen LogP contribution in [-0.4, -0.2) is 30.0 Å². The van der Waals surface area contributed by atoms with Crippen LogP contribution in [0.5, 0.6) is 5.75 Å². The lowest BCUT2D eigenvalue weighted by atomic mass is 9.86. The van der Waals surface area contributed by atoms with Gasteiger partial charge in [0.2, 0.25) is 0 Å². The zero-order valence-electron chi connectivity index (χ0n) is 14.8. The molecule has 0 fully saturated rings. The van der Waals surface area contributed by atoms with Gasteiger partial charge in [-0.15, -0.1) is 0 Å². The maximum atomic E-state index is 12.3. The maximum Gasteiger partial charge on any atom is 0.254 e. The van der Waals surface area contributed by atoms with Crippen molar-refractivity contribution in [2.45, 2.75) is 33.7 Å². The number of aromatic nitrogens is 1. The molecule has 1 heterocycles. The molecule has 0 radical (unpaired) electrons. The van der Waals surface area contributed by atoms with Gasteiger partial charge in [-0.3, -0.25) is 4.79 Å². The van der Waals surface area contributed by atoms with Gasteiger partial charge in [0.15, 0.2) is 0 Å². The van der Waals surface area contributed by atoms with Crippen LogP contribution in [-0.2, 0) is 0 Å². The molecule has 24 heavy (non-hydrogen) atoms. The van der Waals surface area contributed by atoms with Crippen LogP contribution in [0.15, 0.2) is 29.6 Å². The Kier molecular flexibility index (Phi) is 5.83. The molecule has 0 saturated heterocycles. The van der Waals surface area contributed by atoms with Crippen molar-refractivity contribution < 1.29 is 9.53 Å². The number of amides is 1. The molecule has 0 aliphatic rings. The Balaban J connectivity index is 2.06. The Labute approximate surface area is 147 Å². The normalized spacial score (nSPS) is 12.5. The Morgan fingerprint density at radius 3 is 2.71 bits per heavy atom. The van der Waals surface area contributed by atoms with E-state index in [-0.39, 0.29) is 17.4 Å². The molecule has 0 saturated carbocycles. The number of rotatable bonds is 6. The topological polar surface area (TPSA) is 63.2 Å². The maximum absolute atomic E-state index is 12.3. The fourth-order valence-corrected chi connectivity index (χ4v) is 2.98. The smallest absolute Gasteiger partial charge is 0.254 e. The number of methoxy groups -OCH3 is 1. The van der Waals surface area contributed by atoms with Gasteiger partial charge in [0.05, 0.1) is 18.4 Å². The first-order chi connectivity index (χ1) is 11.3. The highest BCUT2D eigenvalue weighted by molar-refractivity contribution is 7.03. The largest absolute Gasteiger partial charge is 0.497 e. The molecule has 1 aromatic carbocycles. The monoisotopic (exact) mass is 347 g/mol. The van der Waals surface area contributed by atoms with Crippen LogP contribution < -0.4 is 15.4 Å². The summed E-state index contributed by atoms with van der Waals surface area (Å²) in [5, 5.41) is 8.30. The van der Waals surface area contributed by atoms with Crippen molar-refractivity contribution in [1.82, 2.24) is 9.69 Å². The van der Waals surface area contributed by atoms with Crippen molar-refractivity contribution in [2.24, 2.45) is 5.41 Å². The second-order valence-electron chi connectivity index (χ2n) is 6.82.